The second kappa shape index (κ2) is 6.75. The van der Waals surface area contributed by atoms with E-state index in [9.17, 15) is 0 Å². The lowest BCUT2D eigenvalue weighted by molar-refractivity contribution is 0.211. The summed E-state index contributed by atoms with van der Waals surface area (Å²) in [6.07, 6.45) is 1.56. The third kappa shape index (κ3) is 3.34. The number of halogens is 1. The summed E-state index contributed by atoms with van der Waals surface area (Å²) in [4.78, 5) is 11.0. The van der Waals surface area contributed by atoms with E-state index in [1.165, 1.54) is 0 Å². The number of aryl methyl sites for hydroxylation is 2. The molecule has 0 saturated heterocycles. The van der Waals surface area contributed by atoms with E-state index in [1.54, 1.807) is 11.0 Å². The lowest BCUT2D eigenvalue weighted by Gasteiger charge is -2.21. The zero-order chi connectivity index (χ0) is 17.3. The summed E-state index contributed by atoms with van der Waals surface area (Å²) in [6.45, 7) is 4.68. The molecule has 0 aliphatic carbocycles. The van der Waals surface area contributed by atoms with Crippen LogP contribution in [0.2, 0.25) is 5.02 Å². The number of hydrogen-bond donors (Lipinski definition) is 0. The Labute approximate surface area is 146 Å². The Morgan fingerprint density at radius 3 is 2.62 bits per heavy atom. The highest BCUT2D eigenvalue weighted by atomic mass is 35.5. The van der Waals surface area contributed by atoms with Gasteiger partial charge in [-0.3, -0.25) is 9.58 Å². The summed E-state index contributed by atoms with van der Waals surface area (Å²) in [6, 6.07) is 7.59. The van der Waals surface area contributed by atoms with Crippen molar-refractivity contribution in [2.75, 3.05) is 7.05 Å². The van der Waals surface area contributed by atoms with Crippen LogP contribution >= 0.6 is 11.6 Å². The Balaban J connectivity index is 1.80. The molecule has 0 aliphatic rings. The van der Waals surface area contributed by atoms with Crippen LogP contribution in [0.4, 0.5) is 0 Å². The van der Waals surface area contributed by atoms with E-state index in [-0.39, 0.29) is 6.04 Å². The molecule has 3 rings (SSSR count). The van der Waals surface area contributed by atoms with Gasteiger partial charge in [-0.15, -0.1) is 0 Å². The minimum atomic E-state index is 0.0152. The van der Waals surface area contributed by atoms with Crippen molar-refractivity contribution in [1.29, 1.82) is 0 Å². The van der Waals surface area contributed by atoms with Crippen LogP contribution in [-0.2, 0) is 13.6 Å². The lowest BCUT2D eigenvalue weighted by Crippen LogP contribution is -2.24. The standard InChI is InChI=1S/C17H20ClN5O/c1-11-16(13-5-7-14(18)8-6-13)24-17(21-11)12(2)22(3)9-15-19-10-20-23(15)4/h5-8,10,12H,9H2,1-4H3. The molecule has 0 bridgehead atoms. The number of hydrogen-bond acceptors (Lipinski definition) is 5. The first-order chi connectivity index (χ1) is 11.5. The van der Waals surface area contributed by atoms with Crippen molar-refractivity contribution in [3.8, 4) is 11.3 Å². The van der Waals surface area contributed by atoms with E-state index in [4.69, 9.17) is 16.0 Å². The van der Waals surface area contributed by atoms with Crippen molar-refractivity contribution in [3.63, 3.8) is 0 Å². The molecule has 7 heteroatoms. The molecule has 0 spiro atoms. The molecule has 24 heavy (non-hydrogen) atoms. The van der Waals surface area contributed by atoms with Gasteiger partial charge in [0.05, 0.1) is 18.3 Å². The van der Waals surface area contributed by atoms with Gasteiger partial charge in [0.15, 0.2) is 5.76 Å². The Morgan fingerprint density at radius 1 is 1.29 bits per heavy atom. The monoisotopic (exact) mass is 345 g/mol. The van der Waals surface area contributed by atoms with Crippen molar-refractivity contribution in [1.82, 2.24) is 24.6 Å². The number of nitrogens with zero attached hydrogens (tertiary/aromatic N) is 5. The van der Waals surface area contributed by atoms with Gasteiger partial charge >= 0.3 is 0 Å². The van der Waals surface area contributed by atoms with Crippen molar-refractivity contribution in [2.45, 2.75) is 26.4 Å². The van der Waals surface area contributed by atoms with Crippen molar-refractivity contribution < 1.29 is 4.42 Å². The SMILES string of the molecule is Cc1nc(C(C)N(C)Cc2ncnn2C)oc1-c1ccc(Cl)cc1. The fraction of sp³-hybridized carbons (Fsp3) is 0.353. The van der Waals surface area contributed by atoms with Crippen molar-refractivity contribution in [2.24, 2.45) is 7.05 Å². The molecule has 2 aromatic heterocycles. The van der Waals surface area contributed by atoms with Crippen LogP contribution in [-0.4, -0.2) is 31.7 Å². The Bertz CT molecular complexity index is 824. The summed E-state index contributed by atoms with van der Waals surface area (Å²) >= 11 is 5.95. The first-order valence-electron chi connectivity index (χ1n) is 7.72. The fourth-order valence-electron chi connectivity index (χ4n) is 2.48. The van der Waals surface area contributed by atoms with Crippen molar-refractivity contribution >= 4 is 11.6 Å². The van der Waals surface area contributed by atoms with Gasteiger partial charge in [-0.1, -0.05) is 11.6 Å². The van der Waals surface area contributed by atoms with Gasteiger partial charge in [0, 0.05) is 17.6 Å². The predicted octanol–water partition coefficient (Wildman–Crippen LogP) is 3.62. The molecule has 1 unspecified atom stereocenters. The zero-order valence-corrected chi connectivity index (χ0v) is 14.9. The van der Waals surface area contributed by atoms with Gasteiger partial charge in [0.1, 0.15) is 12.2 Å². The number of aromatic nitrogens is 4. The van der Waals surface area contributed by atoms with Gasteiger partial charge in [0.2, 0.25) is 5.89 Å². The van der Waals surface area contributed by atoms with Crippen LogP contribution in [0.25, 0.3) is 11.3 Å². The largest absolute Gasteiger partial charge is 0.439 e. The van der Waals surface area contributed by atoms with E-state index in [2.05, 4.69) is 26.9 Å². The third-order valence-electron chi connectivity index (χ3n) is 4.13. The highest BCUT2D eigenvalue weighted by molar-refractivity contribution is 6.30. The molecular weight excluding hydrogens is 326 g/mol. The number of benzene rings is 1. The van der Waals surface area contributed by atoms with E-state index in [0.717, 1.165) is 22.8 Å². The molecule has 0 N–H and O–H groups in total. The van der Waals surface area contributed by atoms with Crippen LogP contribution in [0.1, 0.15) is 30.4 Å². The van der Waals surface area contributed by atoms with Crippen LogP contribution in [0, 0.1) is 6.92 Å². The molecule has 3 aromatic rings. The lowest BCUT2D eigenvalue weighted by atomic mass is 10.1. The number of rotatable bonds is 5. The molecule has 126 valence electrons. The highest BCUT2D eigenvalue weighted by Crippen LogP contribution is 2.29. The normalized spacial score (nSPS) is 12.8. The summed E-state index contributed by atoms with van der Waals surface area (Å²) < 4.78 is 7.80. The predicted molar refractivity (Wildman–Crippen MR) is 92.6 cm³/mol. The smallest absolute Gasteiger partial charge is 0.212 e. The molecule has 0 fully saturated rings. The van der Waals surface area contributed by atoms with Crippen LogP contribution < -0.4 is 0 Å². The number of oxazole rings is 1. The second-order valence-electron chi connectivity index (χ2n) is 5.86. The molecule has 0 radical (unpaired) electrons. The Hall–Kier alpha value is -2.18. The molecule has 0 amide bonds. The third-order valence-corrected chi connectivity index (χ3v) is 4.39. The highest BCUT2D eigenvalue weighted by Gasteiger charge is 2.21. The second-order valence-corrected chi connectivity index (χ2v) is 6.30. The van der Waals surface area contributed by atoms with E-state index in [1.807, 2.05) is 45.3 Å². The molecular formula is C17H20ClN5O. The van der Waals surface area contributed by atoms with Crippen LogP contribution in [0.3, 0.4) is 0 Å². The minimum Gasteiger partial charge on any atom is -0.439 e. The topological polar surface area (TPSA) is 60.0 Å². The van der Waals surface area contributed by atoms with E-state index in [0.29, 0.717) is 17.5 Å². The maximum absolute atomic E-state index is 6.03. The summed E-state index contributed by atoms with van der Waals surface area (Å²) in [5.41, 5.74) is 1.84. The van der Waals surface area contributed by atoms with E-state index < -0.39 is 0 Å². The van der Waals surface area contributed by atoms with Gasteiger partial charge in [-0.05, 0) is 45.2 Å². The van der Waals surface area contributed by atoms with Crippen molar-refractivity contribution in [3.05, 3.63) is 53.0 Å². The molecule has 1 atom stereocenters. The molecule has 0 aliphatic heterocycles. The fourth-order valence-corrected chi connectivity index (χ4v) is 2.60. The van der Waals surface area contributed by atoms with Crippen LogP contribution in [0.5, 0.6) is 0 Å². The maximum Gasteiger partial charge on any atom is 0.212 e. The van der Waals surface area contributed by atoms with Crippen LogP contribution in [0.15, 0.2) is 35.0 Å². The van der Waals surface area contributed by atoms with E-state index >= 15 is 0 Å². The van der Waals surface area contributed by atoms with Gasteiger partial charge < -0.3 is 4.42 Å². The average Bonchev–Trinajstić information content (AvgIpc) is 3.14. The molecule has 0 saturated carbocycles. The average molecular weight is 346 g/mol. The minimum absolute atomic E-state index is 0.0152. The van der Waals surface area contributed by atoms with Gasteiger partial charge in [-0.25, -0.2) is 9.97 Å². The Kier molecular flexibility index (Phi) is 4.69. The maximum atomic E-state index is 6.03. The summed E-state index contributed by atoms with van der Waals surface area (Å²) in [5.74, 6) is 2.35. The van der Waals surface area contributed by atoms with Gasteiger partial charge in [0.25, 0.3) is 0 Å². The summed E-state index contributed by atoms with van der Waals surface area (Å²) in [7, 11) is 3.90. The molecule has 1 aromatic carbocycles. The summed E-state index contributed by atoms with van der Waals surface area (Å²) in [5, 5.41) is 4.80. The Morgan fingerprint density at radius 2 is 2.00 bits per heavy atom. The quantitative estimate of drug-likeness (QED) is 0.706. The van der Waals surface area contributed by atoms with Gasteiger partial charge in [-0.2, -0.15) is 5.10 Å². The molecule has 2 heterocycles. The zero-order valence-electron chi connectivity index (χ0n) is 14.2. The molecule has 6 nitrogen and oxygen atoms in total. The first-order valence-corrected chi connectivity index (χ1v) is 8.10. The first kappa shape index (κ1) is 16.7.